The van der Waals surface area contributed by atoms with E-state index in [1.54, 1.807) is 26.0 Å². The van der Waals surface area contributed by atoms with Gasteiger partial charge in [0.1, 0.15) is 23.9 Å². The van der Waals surface area contributed by atoms with Crippen LogP contribution in [0.15, 0.2) is 53.1 Å². The quantitative estimate of drug-likeness (QED) is 0.689. The molecule has 162 valence electrons. The molecule has 0 bridgehead atoms. The van der Waals surface area contributed by atoms with E-state index >= 15 is 0 Å². The molecule has 30 heavy (non-hydrogen) atoms. The predicted octanol–water partition coefficient (Wildman–Crippen LogP) is 3.44. The first-order chi connectivity index (χ1) is 14.5. The summed E-state index contributed by atoms with van der Waals surface area (Å²) in [6.07, 6.45) is -2.23. The molecule has 0 aliphatic carbocycles. The second-order valence-electron chi connectivity index (χ2n) is 6.94. The van der Waals surface area contributed by atoms with Crippen LogP contribution in [0.25, 0.3) is 0 Å². The highest BCUT2D eigenvalue weighted by atomic mass is 16.6. The number of carbonyl (C=O) groups excluding carboxylic acids is 2. The van der Waals surface area contributed by atoms with Crippen molar-refractivity contribution in [3.63, 3.8) is 0 Å². The zero-order valence-electron chi connectivity index (χ0n) is 17.3. The molecule has 1 saturated heterocycles. The van der Waals surface area contributed by atoms with Crippen molar-refractivity contribution in [2.24, 2.45) is 5.92 Å². The number of carbonyl (C=O) groups is 2. The van der Waals surface area contributed by atoms with E-state index in [-0.39, 0.29) is 19.0 Å². The Balaban J connectivity index is 2.01. The summed E-state index contributed by atoms with van der Waals surface area (Å²) >= 11 is 0. The summed E-state index contributed by atoms with van der Waals surface area (Å²) in [5.74, 6) is -1.74. The Morgan fingerprint density at radius 3 is 2.40 bits per heavy atom. The van der Waals surface area contributed by atoms with Crippen LogP contribution in [0.2, 0.25) is 0 Å². The molecular formula is C22H27NO7. The largest absolute Gasteiger partial charge is 0.467 e. The van der Waals surface area contributed by atoms with Crippen molar-refractivity contribution in [2.45, 2.75) is 45.2 Å². The van der Waals surface area contributed by atoms with Gasteiger partial charge in [-0.15, -0.1) is 0 Å². The van der Waals surface area contributed by atoms with Gasteiger partial charge in [-0.1, -0.05) is 30.3 Å². The molecular weight excluding hydrogens is 390 g/mol. The van der Waals surface area contributed by atoms with Crippen LogP contribution in [0.3, 0.4) is 0 Å². The number of nitrogens with zero attached hydrogens (tertiary/aromatic N) is 1. The van der Waals surface area contributed by atoms with Crippen LogP contribution in [0, 0.1) is 5.92 Å². The average molecular weight is 417 g/mol. The molecule has 5 atom stereocenters. The minimum absolute atomic E-state index is 0.115. The van der Waals surface area contributed by atoms with Gasteiger partial charge in [0.25, 0.3) is 0 Å². The molecule has 2 heterocycles. The highest BCUT2D eigenvalue weighted by Gasteiger charge is 2.52. The second-order valence-corrected chi connectivity index (χ2v) is 6.94. The Labute approximate surface area is 175 Å². The molecule has 1 aromatic carbocycles. The highest BCUT2D eigenvalue weighted by molar-refractivity contribution is 5.76. The summed E-state index contributed by atoms with van der Waals surface area (Å²) in [7, 11) is 0. The third-order valence-electron chi connectivity index (χ3n) is 5.08. The van der Waals surface area contributed by atoms with Crippen molar-refractivity contribution in [1.29, 1.82) is 0 Å². The van der Waals surface area contributed by atoms with Crippen LogP contribution in [0.4, 0.5) is 4.79 Å². The molecule has 1 aliphatic rings. The molecule has 1 amide bonds. The van der Waals surface area contributed by atoms with Crippen molar-refractivity contribution in [1.82, 2.24) is 4.90 Å². The maximum atomic E-state index is 12.9. The monoisotopic (exact) mass is 417 g/mol. The van der Waals surface area contributed by atoms with Crippen LogP contribution in [0.5, 0.6) is 0 Å². The van der Waals surface area contributed by atoms with E-state index in [0.29, 0.717) is 0 Å². The Bertz CT molecular complexity index is 823. The SMILES string of the molecule is CCOC(=O)[C@@H](C1O[C@H](c2ccccc2)[C@H](C)N1C(=O)OCC)[C@@H](O)c1ccco1. The van der Waals surface area contributed by atoms with Crippen molar-refractivity contribution < 1.29 is 33.3 Å². The maximum Gasteiger partial charge on any atom is 0.412 e. The number of aliphatic hydroxyl groups is 1. The molecule has 0 saturated carbocycles. The minimum Gasteiger partial charge on any atom is -0.467 e. The van der Waals surface area contributed by atoms with Crippen molar-refractivity contribution in [3.8, 4) is 0 Å². The zero-order valence-corrected chi connectivity index (χ0v) is 17.3. The molecule has 1 aliphatic heterocycles. The molecule has 1 aromatic heterocycles. The van der Waals surface area contributed by atoms with Gasteiger partial charge in [0.2, 0.25) is 0 Å². The van der Waals surface area contributed by atoms with E-state index in [2.05, 4.69) is 0 Å². The van der Waals surface area contributed by atoms with E-state index < -0.39 is 42.5 Å². The molecule has 8 heteroatoms. The fraction of sp³-hybridized carbons (Fsp3) is 0.455. The lowest BCUT2D eigenvalue weighted by atomic mass is 9.97. The first-order valence-electron chi connectivity index (χ1n) is 10.0. The fourth-order valence-electron chi connectivity index (χ4n) is 3.71. The molecule has 0 spiro atoms. The number of furan rings is 1. The van der Waals surface area contributed by atoms with Gasteiger partial charge in [0.05, 0.1) is 25.5 Å². The Morgan fingerprint density at radius 2 is 1.80 bits per heavy atom. The van der Waals surface area contributed by atoms with Crippen LogP contribution in [-0.4, -0.2) is 47.6 Å². The van der Waals surface area contributed by atoms with Gasteiger partial charge in [-0.2, -0.15) is 0 Å². The van der Waals surface area contributed by atoms with E-state index in [9.17, 15) is 14.7 Å². The summed E-state index contributed by atoms with van der Waals surface area (Å²) in [5.41, 5.74) is 0.844. The fourth-order valence-corrected chi connectivity index (χ4v) is 3.71. The second kappa shape index (κ2) is 9.77. The first-order valence-corrected chi connectivity index (χ1v) is 10.0. The van der Waals surface area contributed by atoms with Gasteiger partial charge in [-0.25, -0.2) is 4.79 Å². The average Bonchev–Trinajstić information content (AvgIpc) is 3.38. The van der Waals surface area contributed by atoms with Gasteiger partial charge >= 0.3 is 12.1 Å². The number of aliphatic hydroxyl groups excluding tert-OH is 1. The van der Waals surface area contributed by atoms with Crippen molar-refractivity contribution in [3.05, 3.63) is 60.1 Å². The Kier molecular flexibility index (Phi) is 7.12. The zero-order chi connectivity index (χ0) is 21.7. The van der Waals surface area contributed by atoms with Crippen LogP contribution < -0.4 is 0 Å². The molecule has 3 rings (SSSR count). The van der Waals surface area contributed by atoms with Gasteiger partial charge in [0, 0.05) is 0 Å². The first kappa shape index (κ1) is 21.9. The number of hydrogen-bond donors (Lipinski definition) is 1. The molecule has 8 nitrogen and oxygen atoms in total. The van der Waals surface area contributed by atoms with Crippen LogP contribution >= 0.6 is 0 Å². The number of hydrogen-bond acceptors (Lipinski definition) is 7. The predicted molar refractivity (Wildman–Crippen MR) is 106 cm³/mol. The van der Waals surface area contributed by atoms with Gasteiger partial charge in [-0.3, -0.25) is 9.69 Å². The van der Waals surface area contributed by atoms with Gasteiger partial charge in [0.15, 0.2) is 6.23 Å². The highest BCUT2D eigenvalue weighted by Crippen LogP contribution is 2.41. The summed E-state index contributed by atoms with van der Waals surface area (Å²) < 4.78 is 21.9. The topological polar surface area (TPSA) is 98.4 Å². The third kappa shape index (κ3) is 4.34. The minimum atomic E-state index is -1.37. The smallest absolute Gasteiger partial charge is 0.412 e. The standard InChI is InChI=1S/C22H27NO7/c1-4-27-21(25)17(18(24)16-12-9-13-29-16)20-23(22(26)28-5-2)14(3)19(30-20)15-10-7-6-8-11-15/h6-14,17-20,24H,4-5H2,1-3H3/t14-,17+,18-,19-,20?/m0/s1. The number of esters is 1. The van der Waals surface area contributed by atoms with E-state index in [1.807, 2.05) is 37.3 Å². The lowest BCUT2D eigenvalue weighted by molar-refractivity contribution is -0.166. The molecule has 1 N–H and O–H groups in total. The Hall–Kier alpha value is -2.84. The summed E-state index contributed by atoms with van der Waals surface area (Å²) in [5, 5.41) is 10.9. The van der Waals surface area contributed by atoms with E-state index in [0.717, 1.165) is 5.56 Å². The number of amides is 1. The normalized spacial score (nSPS) is 23.1. The maximum absolute atomic E-state index is 12.9. The van der Waals surface area contributed by atoms with Gasteiger partial charge < -0.3 is 23.7 Å². The Morgan fingerprint density at radius 1 is 1.10 bits per heavy atom. The number of benzene rings is 1. The third-order valence-corrected chi connectivity index (χ3v) is 5.08. The van der Waals surface area contributed by atoms with Crippen molar-refractivity contribution >= 4 is 12.1 Å². The molecule has 0 radical (unpaired) electrons. The lowest BCUT2D eigenvalue weighted by Gasteiger charge is -2.31. The summed E-state index contributed by atoms with van der Waals surface area (Å²) in [4.78, 5) is 27.0. The summed E-state index contributed by atoms with van der Waals surface area (Å²) in [6.45, 7) is 5.46. The van der Waals surface area contributed by atoms with Crippen LogP contribution in [-0.2, 0) is 19.0 Å². The molecule has 2 aromatic rings. The lowest BCUT2D eigenvalue weighted by Crippen LogP contribution is -2.48. The van der Waals surface area contributed by atoms with Crippen molar-refractivity contribution in [2.75, 3.05) is 13.2 Å². The van der Waals surface area contributed by atoms with Gasteiger partial charge in [-0.05, 0) is 38.5 Å². The summed E-state index contributed by atoms with van der Waals surface area (Å²) in [6, 6.07) is 12.1. The molecule has 1 unspecified atom stereocenters. The molecule has 1 fully saturated rings. The number of rotatable bonds is 7. The van der Waals surface area contributed by atoms with Crippen LogP contribution in [0.1, 0.15) is 44.3 Å². The van der Waals surface area contributed by atoms with E-state index in [1.165, 1.54) is 11.2 Å². The van der Waals surface area contributed by atoms with E-state index in [4.69, 9.17) is 18.6 Å². The number of ether oxygens (including phenoxy) is 3.